The molecule has 0 aromatic heterocycles. The van der Waals surface area contributed by atoms with E-state index in [1.54, 1.807) is 0 Å². The van der Waals surface area contributed by atoms with Crippen LogP contribution in [-0.4, -0.2) is 17.8 Å². The number of hydrogen-bond donors (Lipinski definition) is 1. The lowest BCUT2D eigenvalue weighted by Crippen LogP contribution is -2.40. The highest BCUT2D eigenvalue weighted by Gasteiger charge is 2.41. The van der Waals surface area contributed by atoms with Gasteiger partial charge in [0.15, 0.2) is 5.78 Å². The van der Waals surface area contributed by atoms with Crippen molar-refractivity contribution in [2.75, 3.05) is 0 Å². The first kappa shape index (κ1) is 16.7. The van der Waals surface area contributed by atoms with Crippen LogP contribution in [0.4, 0.5) is 0 Å². The molecule has 1 unspecified atom stereocenters. The van der Waals surface area contributed by atoms with Gasteiger partial charge in [-0.3, -0.25) is 9.59 Å². The Labute approximate surface area is 143 Å². The van der Waals surface area contributed by atoms with Gasteiger partial charge in [-0.25, -0.2) is 0 Å². The Morgan fingerprint density at radius 2 is 1.88 bits per heavy atom. The van der Waals surface area contributed by atoms with Crippen molar-refractivity contribution in [2.24, 2.45) is 5.41 Å². The maximum Gasteiger partial charge on any atom is 0.225 e. The molecule has 1 heterocycles. The maximum absolute atomic E-state index is 12.8. The molecule has 1 aromatic carbocycles. The second-order valence-electron chi connectivity index (χ2n) is 7.84. The first-order valence-corrected chi connectivity index (χ1v) is 8.58. The highest BCUT2D eigenvalue weighted by molar-refractivity contribution is 6.02. The molecular formula is C20H25NO3. The van der Waals surface area contributed by atoms with Gasteiger partial charge in [0.2, 0.25) is 5.91 Å². The number of Topliss-reactive ketones (excluding diaryl/α,β-unsaturated/α-hetero) is 1. The lowest BCUT2D eigenvalue weighted by molar-refractivity contribution is -0.122. The van der Waals surface area contributed by atoms with Crippen LogP contribution in [0.3, 0.4) is 0 Å². The Morgan fingerprint density at radius 1 is 1.17 bits per heavy atom. The van der Waals surface area contributed by atoms with Crippen LogP contribution in [0.2, 0.25) is 0 Å². The molecule has 4 nitrogen and oxygen atoms in total. The number of carbonyl (C=O) groups excluding carboxylic acids is 2. The van der Waals surface area contributed by atoms with E-state index < -0.39 is 0 Å². The molecule has 24 heavy (non-hydrogen) atoms. The van der Waals surface area contributed by atoms with Gasteiger partial charge in [0.25, 0.3) is 0 Å². The summed E-state index contributed by atoms with van der Waals surface area (Å²) in [6.45, 7) is 8.09. The third kappa shape index (κ3) is 3.23. The standard InChI is InChI=1S/C20H25NO3/c1-12(2)24-17-8-6-5-7-13(17)14-9-18(23)21-15-10-20(3,4)11-16(22)19(14)15/h5-8,12,14H,9-11H2,1-4H3,(H,21,23). The molecule has 0 bridgehead atoms. The summed E-state index contributed by atoms with van der Waals surface area (Å²) in [6, 6.07) is 7.75. The second-order valence-corrected chi connectivity index (χ2v) is 7.84. The van der Waals surface area contributed by atoms with Gasteiger partial charge in [-0.1, -0.05) is 32.0 Å². The summed E-state index contributed by atoms with van der Waals surface area (Å²) in [7, 11) is 0. The fourth-order valence-electron chi connectivity index (χ4n) is 3.75. The van der Waals surface area contributed by atoms with E-state index in [0.29, 0.717) is 12.8 Å². The van der Waals surface area contributed by atoms with E-state index in [0.717, 1.165) is 29.0 Å². The predicted octanol–water partition coefficient (Wildman–Crippen LogP) is 3.72. The number of allylic oxidation sites excluding steroid dienone is 2. The van der Waals surface area contributed by atoms with E-state index in [1.165, 1.54) is 0 Å². The van der Waals surface area contributed by atoms with Crippen LogP contribution in [0.1, 0.15) is 58.4 Å². The number of rotatable bonds is 3. The van der Waals surface area contributed by atoms with Gasteiger partial charge in [-0.05, 0) is 31.7 Å². The number of amides is 1. The van der Waals surface area contributed by atoms with Gasteiger partial charge in [0, 0.05) is 35.6 Å². The molecule has 1 aliphatic carbocycles. The Morgan fingerprint density at radius 3 is 2.58 bits per heavy atom. The van der Waals surface area contributed by atoms with Crippen LogP contribution in [0.15, 0.2) is 35.5 Å². The molecule has 0 radical (unpaired) electrons. The number of ether oxygens (including phenoxy) is 1. The molecule has 3 rings (SSSR count). The minimum absolute atomic E-state index is 0.0244. The number of nitrogens with one attached hydrogen (secondary N) is 1. The highest BCUT2D eigenvalue weighted by Crippen LogP contribution is 2.45. The van der Waals surface area contributed by atoms with Crippen molar-refractivity contribution in [3.05, 3.63) is 41.1 Å². The Kier molecular flexibility index (Phi) is 4.24. The Hall–Kier alpha value is -2.10. The van der Waals surface area contributed by atoms with Crippen molar-refractivity contribution in [2.45, 2.75) is 59.0 Å². The van der Waals surface area contributed by atoms with E-state index in [-0.39, 0.29) is 29.1 Å². The Bertz CT molecular complexity index is 715. The van der Waals surface area contributed by atoms with Crippen LogP contribution in [0.25, 0.3) is 0 Å². The summed E-state index contributed by atoms with van der Waals surface area (Å²) in [6.07, 6.45) is 1.58. The molecule has 4 heteroatoms. The van der Waals surface area contributed by atoms with Crippen LogP contribution >= 0.6 is 0 Å². The lowest BCUT2D eigenvalue weighted by atomic mass is 9.70. The summed E-state index contributed by atoms with van der Waals surface area (Å²) in [5, 5.41) is 2.94. The van der Waals surface area contributed by atoms with Gasteiger partial charge in [0.1, 0.15) is 5.75 Å². The smallest absolute Gasteiger partial charge is 0.225 e. The first-order valence-electron chi connectivity index (χ1n) is 8.58. The fraction of sp³-hybridized carbons (Fsp3) is 0.500. The van der Waals surface area contributed by atoms with Gasteiger partial charge >= 0.3 is 0 Å². The molecule has 1 aliphatic heterocycles. The zero-order valence-electron chi connectivity index (χ0n) is 14.8. The molecule has 1 amide bonds. The molecule has 1 atom stereocenters. The number of ketones is 1. The van der Waals surface area contributed by atoms with Crippen LogP contribution in [0, 0.1) is 5.41 Å². The number of benzene rings is 1. The van der Waals surface area contributed by atoms with Crippen LogP contribution in [-0.2, 0) is 9.59 Å². The zero-order chi connectivity index (χ0) is 17.5. The van der Waals surface area contributed by atoms with E-state index in [9.17, 15) is 9.59 Å². The average molecular weight is 327 g/mol. The van der Waals surface area contributed by atoms with Gasteiger partial charge in [-0.15, -0.1) is 0 Å². The van der Waals surface area contributed by atoms with Gasteiger partial charge in [-0.2, -0.15) is 0 Å². The third-order valence-corrected chi connectivity index (χ3v) is 4.61. The zero-order valence-corrected chi connectivity index (χ0v) is 14.8. The summed E-state index contributed by atoms with van der Waals surface area (Å²) >= 11 is 0. The molecule has 0 saturated heterocycles. The normalized spacial score (nSPS) is 23.1. The molecular weight excluding hydrogens is 302 g/mol. The topological polar surface area (TPSA) is 55.4 Å². The SMILES string of the molecule is CC(C)Oc1ccccc1C1CC(=O)NC2=C1C(=O)CC(C)(C)C2. The summed E-state index contributed by atoms with van der Waals surface area (Å²) in [5.74, 6) is 0.665. The molecule has 1 aromatic rings. The van der Waals surface area contributed by atoms with Crippen molar-refractivity contribution in [1.29, 1.82) is 0 Å². The van der Waals surface area contributed by atoms with Crippen molar-refractivity contribution in [3.63, 3.8) is 0 Å². The molecule has 0 fully saturated rings. The molecule has 0 spiro atoms. The number of carbonyl (C=O) groups is 2. The summed E-state index contributed by atoms with van der Waals surface area (Å²) in [5.41, 5.74) is 2.39. The molecule has 128 valence electrons. The van der Waals surface area contributed by atoms with Crippen molar-refractivity contribution in [1.82, 2.24) is 5.32 Å². The van der Waals surface area contributed by atoms with Crippen LogP contribution < -0.4 is 10.1 Å². The fourth-order valence-corrected chi connectivity index (χ4v) is 3.75. The number of para-hydroxylation sites is 1. The van der Waals surface area contributed by atoms with Crippen molar-refractivity contribution >= 4 is 11.7 Å². The summed E-state index contributed by atoms with van der Waals surface area (Å²) < 4.78 is 5.92. The van der Waals surface area contributed by atoms with Crippen molar-refractivity contribution in [3.8, 4) is 5.75 Å². The minimum Gasteiger partial charge on any atom is -0.491 e. The largest absolute Gasteiger partial charge is 0.491 e. The maximum atomic E-state index is 12.8. The van der Waals surface area contributed by atoms with E-state index >= 15 is 0 Å². The lowest BCUT2D eigenvalue weighted by Gasteiger charge is -2.38. The molecule has 1 N–H and O–H groups in total. The van der Waals surface area contributed by atoms with E-state index in [2.05, 4.69) is 19.2 Å². The number of hydrogen-bond acceptors (Lipinski definition) is 3. The quantitative estimate of drug-likeness (QED) is 0.920. The molecule has 2 aliphatic rings. The minimum atomic E-state index is -0.215. The summed E-state index contributed by atoms with van der Waals surface area (Å²) in [4.78, 5) is 25.1. The highest BCUT2D eigenvalue weighted by atomic mass is 16.5. The second kappa shape index (κ2) is 6.08. The Balaban J connectivity index is 2.08. The van der Waals surface area contributed by atoms with E-state index in [4.69, 9.17) is 4.74 Å². The average Bonchev–Trinajstić information content (AvgIpc) is 2.44. The van der Waals surface area contributed by atoms with Gasteiger partial charge < -0.3 is 10.1 Å². The first-order chi connectivity index (χ1) is 11.3. The van der Waals surface area contributed by atoms with E-state index in [1.807, 2.05) is 38.1 Å². The third-order valence-electron chi connectivity index (χ3n) is 4.61. The predicted molar refractivity (Wildman–Crippen MR) is 92.8 cm³/mol. The van der Waals surface area contributed by atoms with Gasteiger partial charge in [0.05, 0.1) is 6.10 Å². The van der Waals surface area contributed by atoms with Crippen LogP contribution in [0.5, 0.6) is 5.75 Å². The molecule has 0 saturated carbocycles. The monoisotopic (exact) mass is 327 g/mol. The van der Waals surface area contributed by atoms with Crippen molar-refractivity contribution < 1.29 is 14.3 Å².